The molecule has 4 rings (SSSR count). The third-order valence-electron chi connectivity index (χ3n) is 4.77. The van der Waals surface area contributed by atoms with Crippen LogP contribution in [0, 0.1) is 18.3 Å². The van der Waals surface area contributed by atoms with E-state index in [1.54, 1.807) is 10.7 Å². The highest BCUT2D eigenvalue weighted by molar-refractivity contribution is 5.87. The first kappa shape index (κ1) is 17.7. The van der Waals surface area contributed by atoms with Crippen LogP contribution in [0.2, 0.25) is 0 Å². The summed E-state index contributed by atoms with van der Waals surface area (Å²) in [4.78, 5) is 0. The highest BCUT2D eigenvalue weighted by Crippen LogP contribution is 2.32. The monoisotopic (exact) mass is 371 g/mol. The standard InChI is InChI=1S/C22H21N5O/c1-15-20(24-2)14-27-22(15)21(16(12-23)13-25-27)26-17-8-10-19(11-9-17)28-18-6-4-3-5-7-18/h4,6-11,13-14,24,26H,3,5H2,1-2H3. The van der Waals surface area contributed by atoms with Crippen LogP contribution in [0.4, 0.5) is 17.1 Å². The normalized spacial score (nSPS) is 13.1. The van der Waals surface area contributed by atoms with Crippen LogP contribution in [0.5, 0.6) is 5.75 Å². The van der Waals surface area contributed by atoms with Gasteiger partial charge in [-0.1, -0.05) is 6.08 Å². The lowest BCUT2D eigenvalue weighted by Crippen LogP contribution is -2.01. The zero-order valence-electron chi connectivity index (χ0n) is 15.9. The Hall–Kier alpha value is -3.72. The fraction of sp³-hybridized carbons (Fsp3) is 0.182. The SMILES string of the molecule is CNc1cn2ncc(C#N)c(Nc3ccc(OC4=CCCC=C4)cc3)c2c1C. The van der Waals surface area contributed by atoms with Crippen molar-refractivity contribution in [3.8, 4) is 11.8 Å². The topological polar surface area (TPSA) is 74.4 Å². The second-order valence-corrected chi connectivity index (χ2v) is 6.59. The van der Waals surface area contributed by atoms with E-state index in [-0.39, 0.29) is 0 Å². The fourth-order valence-electron chi connectivity index (χ4n) is 3.30. The van der Waals surface area contributed by atoms with Gasteiger partial charge in [0, 0.05) is 18.3 Å². The number of aryl methyl sites for hydroxylation is 1. The lowest BCUT2D eigenvalue weighted by molar-refractivity contribution is 0.439. The van der Waals surface area contributed by atoms with Crippen LogP contribution in [-0.4, -0.2) is 16.7 Å². The van der Waals surface area contributed by atoms with E-state index in [0.717, 1.165) is 52.5 Å². The van der Waals surface area contributed by atoms with Gasteiger partial charge in [-0.15, -0.1) is 0 Å². The van der Waals surface area contributed by atoms with Gasteiger partial charge in [0.2, 0.25) is 0 Å². The van der Waals surface area contributed by atoms with Crippen LogP contribution < -0.4 is 15.4 Å². The minimum absolute atomic E-state index is 0.495. The van der Waals surface area contributed by atoms with E-state index >= 15 is 0 Å². The van der Waals surface area contributed by atoms with Crippen molar-refractivity contribution in [1.29, 1.82) is 5.26 Å². The number of hydrogen-bond donors (Lipinski definition) is 2. The molecule has 140 valence electrons. The van der Waals surface area contributed by atoms with E-state index < -0.39 is 0 Å². The van der Waals surface area contributed by atoms with Gasteiger partial charge >= 0.3 is 0 Å². The number of ether oxygens (including phenoxy) is 1. The predicted molar refractivity (Wildman–Crippen MR) is 111 cm³/mol. The Morgan fingerprint density at radius 3 is 2.71 bits per heavy atom. The third-order valence-corrected chi connectivity index (χ3v) is 4.77. The Bertz CT molecular complexity index is 1120. The van der Waals surface area contributed by atoms with Gasteiger partial charge in [-0.2, -0.15) is 10.4 Å². The first-order valence-electron chi connectivity index (χ1n) is 9.20. The quantitative estimate of drug-likeness (QED) is 0.666. The lowest BCUT2D eigenvalue weighted by atomic mass is 10.1. The Morgan fingerprint density at radius 1 is 1.21 bits per heavy atom. The minimum atomic E-state index is 0.495. The van der Waals surface area contributed by atoms with Crippen LogP contribution in [-0.2, 0) is 0 Å². The molecule has 28 heavy (non-hydrogen) atoms. The van der Waals surface area contributed by atoms with Crippen molar-refractivity contribution >= 4 is 22.6 Å². The second-order valence-electron chi connectivity index (χ2n) is 6.59. The Labute approximate surface area is 163 Å². The van der Waals surface area contributed by atoms with Crippen molar-refractivity contribution < 1.29 is 4.74 Å². The minimum Gasteiger partial charge on any atom is -0.458 e. The maximum absolute atomic E-state index is 9.55. The molecule has 0 saturated carbocycles. The Kier molecular flexibility index (Phi) is 4.73. The average Bonchev–Trinajstić information content (AvgIpc) is 3.06. The number of nitriles is 1. The zero-order valence-corrected chi connectivity index (χ0v) is 15.9. The van der Waals surface area contributed by atoms with Gasteiger partial charge in [-0.05, 0) is 56.2 Å². The van der Waals surface area contributed by atoms with Crippen molar-refractivity contribution in [2.45, 2.75) is 19.8 Å². The van der Waals surface area contributed by atoms with Gasteiger partial charge in [-0.3, -0.25) is 0 Å². The molecule has 1 aromatic carbocycles. The molecule has 1 aliphatic rings. The highest BCUT2D eigenvalue weighted by Gasteiger charge is 2.15. The van der Waals surface area contributed by atoms with E-state index in [2.05, 4.69) is 34.0 Å². The van der Waals surface area contributed by atoms with E-state index in [1.807, 2.05) is 50.5 Å². The summed E-state index contributed by atoms with van der Waals surface area (Å²) in [6, 6.07) is 9.95. The van der Waals surface area contributed by atoms with Gasteiger partial charge in [-0.25, -0.2) is 4.52 Å². The van der Waals surface area contributed by atoms with Crippen molar-refractivity contribution in [2.75, 3.05) is 17.7 Å². The molecule has 0 bridgehead atoms. The highest BCUT2D eigenvalue weighted by atomic mass is 16.5. The molecule has 1 aliphatic carbocycles. The molecule has 2 aromatic heterocycles. The molecule has 0 amide bonds. The number of allylic oxidation sites excluding steroid dienone is 3. The van der Waals surface area contributed by atoms with Crippen molar-refractivity contribution in [3.63, 3.8) is 0 Å². The number of aromatic nitrogens is 2. The van der Waals surface area contributed by atoms with Crippen molar-refractivity contribution in [1.82, 2.24) is 9.61 Å². The van der Waals surface area contributed by atoms with Gasteiger partial charge in [0.25, 0.3) is 0 Å². The molecule has 6 nitrogen and oxygen atoms in total. The number of benzene rings is 1. The molecule has 0 radical (unpaired) electrons. The molecule has 6 heteroatoms. The van der Waals surface area contributed by atoms with Crippen LogP contribution in [0.15, 0.2) is 60.6 Å². The summed E-state index contributed by atoms with van der Waals surface area (Å²) < 4.78 is 7.67. The first-order valence-corrected chi connectivity index (χ1v) is 9.20. The zero-order chi connectivity index (χ0) is 19.5. The number of nitrogens with zero attached hydrogens (tertiary/aromatic N) is 3. The Morgan fingerprint density at radius 2 is 2.04 bits per heavy atom. The third kappa shape index (κ3) is 3.30. The summed E-state index contributed by atoms with van der Waals surface area (Å²) in [6.45, 7) is 2.01. The van der Waals surface area contributed by atoms with Gasteiger partial charge < -0.3 is 15.4 Å². The molecule has 0 unspecified atom stereocenters. The lowest BCUT2D eigenvalue weighted by Gasteiger charge is -2.13. The maximum Gasteiger partial charge on any atom is 0.127 e. The molecular weight excluding hydrogens is 350 g/mol. The molecule has 2 N–H and O–H groups in total. The smallest absolute Gasteiger partial charge is 0.127 e. The molecule has 3 aromatic rings. The van der Waals surface area contributed by atoms with Gasteiger partial charge in [0.1, 0.15) is 17.6 Å². The van der Waals surface area contributed by atoms with Crippen LogP contribution in [0.3, 0.4) is 0 Å². The van der Waals surface area contributed by atoms with E-state index in [0.29, 0.717) is 5.56 Å². The van der Waals surface area contributed by atoms with Gasteiger partial charge in [0.15, 0.2) is 0 Å². The number of hydrogen-bond acceptors (Lipinski definition) is 5. The van der Waals surface area contributed by atoms with E-state index in [1.165, 1.54) is 0 Å². The van der Waals surface area contributed by atoms with Crippen molar-refractivity contribution in [3.05, 3.63) is 71.8 Å². The number of anilines is 3. The molecule has 2 heterocycles. The number of fused-ring (bicyclic) bond motifs is 1. The fourth-order valence-corrected chi connectivity index (χ4v) is 3.30. The summed E-state index contributed by atoms with van der Waals surface area (Å²) in [7, 11) is 1.87. The summed E-state index contributed by atoms with van der Waals surface area (Å²) in [5.41, 5.74) is 4.99. The molecule has 0 aliphatic heterocycles. The molecule has 0 atom stereocenters. The van der Waals surface area contributed by atoms with Crippen LogP contribution >= 0.6 is 0 Å². The van der Waals surface area contributed by atoms with Crippen LogP contribution in [0.25, 0.3) is 5.52 Å². The second kappa shape index (κ2) is 7.49. The summed E-state index contributed by atoms with van der Waals surface area (Å²) >= 11 is 0. The molecular formula is C22H21N5O. The summed E-state index contributed by atoms with van der Waals surface area (Å²) in [5, 5.41) is 20.4. The van der Waals surface area contributed by atoms with Crippen molar-refractivity contribution in [2.24, 2.45) is 0 Å². The summed E-state index contributed by atoms with van der Waals surface area (Å²) in [5.74, 6) is 1.65. The number of rotatable bonds is 5. The number of nitrogens with one attached hydrogen (secondary N) is 2. The van der Waals surface area contributed by atoms with Crippen LogP contribution in [0.1, 0.15) is 24.0 Å². The summed E-state index contributed by atoms with van der Waals surface area (Å²) in [6.07, 6.45) is 11.8. The molecule has 0 saturated heterocycles. The average molecular weight is 371 g/mol. The van der Waals surface area contributed by atoms with E-state index in [9.17, 15) is 5.26 Å². The molecule has 0 fully saturated rings. The van der Waals surface area contributed by atoms with E-state index in [4.69, 9.17) is 4.74 Å². The molecule has 0 spiro atoms. The largest absolute Gasteiger partial charge is 0.458 e. The first-order chi connectivity index (χ1) is 13.7. The Balaban J connectivity index is 1.64. The predicted octanol–water partition coefficient (Wildman–Crippen LogP) is 4.91. The maximum atomic E-state index is 9.55. The van der Waals surface area contributed by atoms with Gasteiger partial charge in [0.05, 0.1) is 34.8 Å².